The van der Waals surface area contributed by atoms with E-state index in [4.69, 9.17) is 14.2 Å². The van der Waals surface area contributed by atoms with Gasteiger partial charge < -0.3 is 19.5 Å². The molecule has 122 valence electrons. The lowest BCUT2D eigenvalue weighted by molar-refractivity contribution is 0.102. The third kappa shape index (κ3) is 3.36. The number of rotatable bonds is 5. The number of nitrogens with one attached hydrogen (secondary N) is 1. The quantitative estimate of drug-likeness (QED) is 0.917. The topological polar surface area (TPSA) is 56.8 Å². The summed E-state index contributed by atoms with van der Waals surface area (Å²) in [6.45, 7) is 1.77. The van der Waals surface area contributed by atoms with Crippen LogP contribution in [0.25, 0.3) is 0 Å². The number of hydrogen-bond acceptors (Lipinski definition) is 4. The zero-order valence-corrected chi connectivity index (χ0v) is 13.4. The molecule has 0 aliphatic heterocycles. The lowest BCUT2D eigenvalue weighted by Gasteiger charge is -2.15. The van der Waals surface area contributed by atoms with Crippen molar-refractivity contribution in [1.82, 2.24) is 0 Å². The lowest BCUT2D eigenvalue weighted by atomic mass is 10.1. The smallest absolute Gasteiger partial charge is 0.259 e. The van der Waals surface area contributed by atoms with Gasteiger partial charge in [-0.2, -0.15) is 0 Å². The van der Waals surface area contributed by atoms with Gasteiger partial charge in [-0.05, 0) is 36.8 Å². The first kappa shape index (κ1) is 16.6. The molecule has 2 aromatic carbocycles. The third-order valence-corrected chi connectivity index (χ3v) is 3.32. The first-order valence-corrected chi connectivity index (χ1v) is 6.88. The van der Waals surface area contributed by atoms with E-state index in [0.717, 1.165) is 5.56 Å². The fraction of sp³-hybridized carbons (Fsp3) is 0.235. The van der Waals surface area contributed by atoms with E-state index in [1.807, 2.05) is 0 Å². The van der Waals surface area contributed by atoms with E-state index < -0.39 is 11.7 Å². The largest absolute Gasteiger partial charge is 0.493 e. The van der Waals surface area contributed by atoms with Crippen LogP contribution in [0.5, 0.6) is 17.2 Å². The molecule has 0 aromatic heterocycles. The van der Waals surface area contributed by atoms with Crippen LogP contribution in [0.15, 0.2) is 30.3 Å². The van der Waals surface area contributed by atoms with Crippen molar-refractivity contribution in [3.05, 3.63) is 47.3 Å². The molecular weight excluding hydrogens is 301 g/mol. The number of carbonyl (C=O) groups excluding carboxylic acids is 1. The van der Waals surface area contributed by atoms with Crippen LogP contribution in [-0.2, 0) is 0 Å². The minimum absolute atomic E-state index is 0.0948. The van der Waals surface area contributed by atoms with Gasteiger partial charge in [-0.15, -0.1) is 0 Å². The molecule has 0 saturated heterocycles. The predicted molar refractivity (Wildman–Crippen MR) is 85.2 cm³/mol. The number of amides is 1. The molecule has 5 nitrogen and oxygen atoms in total. The minimum atomic E-state index is -0.509. The number of hydrogen-bond donors (Lipinski definition) is 1. The van der Waals surface area contributed by atoms with Crippen molar-refractivity contribution < 1.29 is 23.4 Å². The van der Waals surface area contributed by atoms with Crippen molar-refractivity contribution in [1.29, 1.82) is 0 Å². The summed E-state index contributed by atoms with van der Waals surface area (Å²) in [7, 11) is 4.35. The molecule has 23 heavy (non-hydrogen) atoms. The highest BCUT2D eigenvalue weighted by molar-refractivity contribution is 6.07. The van der Waals surface area contributed by atoms with E-state index in [-0.39, 0.29) is 17.0 Å². The van der Waals surface area contributed by atoms with Crippen LogP contribution in [0, 0.1) is 12.7 Å². The summed E-state index contributed by atoms with van der Waals surface area (Å²) in [4.78, 5) is 12.4. The third-order valence-electron chi connectivity index (χ3n) is 3.32. The molecule has 0 bridgehead atoms. The summed E-state index contributed by atoms with van der Waals surface area (Å²) in [6, 6.07) is 7.69. The molecular formula is C17H18FNO4. The molecule has 2 aromatic rings. The Morgan fingerprint density at radius 3 is 2.26 bits per heavy atom. The highest BCUT2D eigenvalue weighted by Crippen LogP contribution is 2.40. The molecule has 1 amide bonds. The van der Waals surface area contributed by atoms with Crippen molar-refractivity contribution in [3.8, 4) is 17.2 Å². The van der Waals surface area contributed by atoms with Crippen molar-refractivity contribution in [2.75, 3.05) is 26.6 Å². The van der Waals surface area contributed by atoms with Crippen LogP contribution >= 0.6 is 0 Å². The number of methoxy groups -OCH3 is 3. The Bertz CT molecular complexity index is 731. The molecule has 6 heteroatoms. The van der Waals surface area contributed by atoms with E-state index in [1.165, 1.54) is 39.5 Å². The van der Waals surface area contributed by atoms with Crippen molar-refractivity contribution in [3.63, 3.8) is 0 Å². The van der Waals surface area contributed by atoms with Crippen LogP contribution in [0.3, 0.4) is 0 Å². The average Bonchev–Trinajstić information content (AvgIpc) is 2.55. The van der Waals surface area contributed by atoms with Crippen LogP contribution in [0.4, 0.5) is 10.1 Å². The summed E-state index contributed by atoms with van der Waals surface area (Å²) in [5.41, 5.74) is 1.08. The molecule has 0 aliphatic carbocycles. The van der Waals surface area contributed by atoms with E-state index in [1.54, 1.807) is 19.1 Å². The summed E-state index contributed by atoms with van der Waals surface area (Å²) in [6.07, 6.45) is 0. The van der Waals surface area contributed by atoms with E-state index in [2.05, 4.69) is 5.32 Å². The Kier molecular flexibility index (Phi) is 5.05. The summed E-state index contributed by atoms with van der Waals surface area (Å²) >= 11 is 0. The highest BCUT2D eigenvalue weighted by Gasteiger charge is 2.21. The van der Waals surface area contributed by atoms with Gasteiger partial charge in [-0.25, -0.2) is 4.39 Å². The molecule has 0 aliphatic rings. The standard InChI is InChI=1S/C17H18FNO4/c1-10-5-7-13(12(18)9-10)19-17(20)11-6-8-14(21-2)16(23-4)15(11)22-3/h5-9H,1-4H3,(H,19,20). The zero-order valence-electron chi connectivity index (χ0n) is 13.4. The Labute approximate surface area is 134 Å². The molecule has 1 N–H and O–H groups in total. The highest BCUT2D eigenvalue weighted by atomic mass is 19.1. The van der Waals surface area contributed by atoms with Crippen molar-refractivity contribution in [2.24, 2.45) is 0 Å². The number of ether oxygens (including phenoxy) is 3. The van der Waals surface area contributed by atoms with Gasteiger partial charge in [-0.3, -0.25) is 4.79 Å². The zero-order chi connectivity index (χ0) is 17.0. The first-order chi connectivity index (χ1) is 11.0. The Balaban J connectivity index is 2.39. The molecule has 0 heterocycles. The number of carbonyl (C=O) groups is 1. The fourth-order valence-electron chi connectivity index (χ4n) is 2.19. The molecule has 2 rings (SSSR count). The van der Waals surface area contributed by atoms with Gasteiger partial charge in [0.1, 0.15) is 5.82 Å². The lowest BCUT2D eigenvalue weighted by Crippen LogP contribution is -2.15. The Morgan fingerprint density at radius 2 is 1.70 bits per heavy atom. The molecule has 0 saturated carbocycles. The van der Waals surface area contributed by atoms with Crippen LogP contribution in [0.2, 0.25) is 0 Å². The first-order valence-electron chi connectivity index (χ1n) is 6.88. The van der Waals surface area contributed by atoms with Gasteiger partial charge >= 0.3 is 0 Å². The van der Waals surface area contributed by atoms with Gasteiger partial charge in [0.2, 0.25) is 5.75 Å². The maximum absolute atomic E-state index is 13.9. The van der Waals surface area contributed by atoms with Gasteiger partial charge in [-0.1, -0.05) is 6.07 Å². The number of anilines is 1. The van der Waals surface area contributed by atoms with E-state index >= 15 is 0 Å². The normalized spacial score (nSPS) is 10.1. The average molecular weight is 319 g/mol. The van der Waals surface area contributed by atoms with E-state index in [9.17, 15) is 9.18 Å². The number of aryl methyl sites for hydroxylation is 1. The second kappa shape index (κ2) is 7.00. The van der Waals surface area contributed by atoms with Gasteiger partial charge in [0.05, 0.1) is 32.6 Å². The second-order valence-corrected chi connectivity index (χ2v) is 4.82. The predicted octanol–water partition coefficient (Wildman–Crippen LogP) is 3.41. The Morgan fingerprint density at radius 1 is 1.00 bits per heavy atom. The summed E-state index contributed by atoms with van der Waals surface area (Å²) in [5.74, 6) is -0.0605. The number of halogens is 1. The molecule has 0 atom stereocenters. The van der Waals surface area contributed by atoms with Gasteiger partial charge in [0.25, 0.3) is 5.91 Å². The van der Waals surface area contributed by atoms with Gasteiger partial charge in [0, 0.05) is 0 Å². The molecule has 0 fully saturated rings. The number of benzene rings is 2. The minimum Gasteiger partial charge on any atom is -0.493 e. The fourth-order valence-corrected chi connectivity index (χ4v) is 2.19. The van der Waals surface area contributed by atoms with Crippen LogP contribution in [0.1, 0.15) is 15.9 Å². The summed E-state index contributed by atoms with van der Waals surface area (Å²) < 4.78 is 29.5. The van der Waals surface area contributed by atoms with Crippen LogP contribution in [-0.4, -0.2) is 27.2 Å². The maximum Gasteiger partial charge on any atom is 0.259 e. The van der Waals surface area contributed by atoms with Crippen molar-refractivity contribution in [2.45, 2.75) is 6.92 Å². The Hall–Kier alpha value is -2.76. The SMILES string of the molecule is COc1ccc(C(=O)Nc2ccc(C)cc2F)c(OC)c1OC. The van der Waals surface area contributed by atoms with Crippen LogP contribution < -0.4 is 19.5 Å². The molecule has 0 unspecified atom stereocenters. The monoisotopic (exact) mass is 319 g/mol. The second-order valence-electron chi connectivity index (χ2n) is 4.82. The van der Waals surface area contributed by atoms with Crippen molar-refractivity contribution >= 4 is 11.6 Å². The summed E-state index contributed by atoms with van der Waals surface area (Å²) in [5, 5.41) is 2.53. The molecule has 0 radical (unpaired) electrons. The maximum atomic E-state index is 13.9. The molecule has 0 spiro atoms. The van der Waals surface area contributed by atoms with E-state index in [0.29, 0.717) is 11.5 Å². The van der Waals surface area contributed by atoms with Gasteiger partial charge in [0.15, 0.2) is 11.5 Å².